The van der Waals surface area contributed by atoms with Crippen molar-refractivity contribution >= 4 is 0 Å². The predicted octanol–water partition coefficient (Wildman–Crippen LogP) is 3.23. The molecule has 1 unspecified atom stereocenters. The van der Waals surface area contributed by atoms with Gasteiger partial charge in [-0.15, -0.1) is 0 Å². The lowest BCUT2D eigenvalue weighted by molar-refractivity contribution is -0.0539. The largest absolute Gasteiger partial charge is 0.388 e. The second-order valence-corrected chi connectivity index (χ2v) is 6.41. The minimum Gasteiger partial charge on any atom is -0.388 e. The summed E-state index contributed by atoms with van der Waals surface area (Å²) >= 11 is 0. The van der Waals surface area contributed by atoms with Gasteiger partial charge in [0, 0.05) is 5.54 Å². The van der Waals surface area contributed by atoms with Gasteiger partial charge in [0.2, 0.25) is 0 Å². The molecule has 0 aliphatic heterocycles. The van der Waals surface area contributed by atoms with Gasteiger partial charge in [0.25, 0.3) is 0 Å². The Bertz CT molecular complexity index is 233. The molecule has 0 aromatic carbocycles. The number of rotatable bonds is 3. The summed E-state index contributed by atoms with van der Waals surface area (Å²) in [6, 6.07) is 0. The van der Waals surface area contributed by atoms with Crippen molar-refractivity contribution in [3.05, 3.63) is 0 Å². The lowest BCUT2D eigenvalue weighted by atomic mass is 9.71. The quantitative estimate of drug-likeness (QED) is 0.727. The molecule has 2 nitrogen and oxygen atoms in total. The summed E-state index contributed by atoms with van der Waals surface area (Å²) in [4.78, 5) is 0. The van der Waals surface area contributed by atoms with Crippen molar-refractivity contribution < 1.29 is 5.11 Å². The van der Waals surface area contributed by atoms with Crippen molar-refractivity contribution in [3.63, 3.8) is 0 Å². The molecule has 0 heterocycles. The maximum Gasteiger partial charge on any atom is 0.0826 e. The number of nitrogens with two attached hydrogens (primary N) is 1. The smallest absolute Gasteiger partial charge is 0.0826 e. The molecule has 0 amide bonds. The molecule has 2 heteroatoms. The van der Waals surface area contributed by atoms with Gasteiger partial charge in [-0.3, -0.25) is 0 Å². The van der Waals surface area contributed by atoms with Crippen LogP contribution in [-0.2, 0) is 0 Å². The summed E-state index contributed by atoms with van der Waals surface area (Å²) in [7, 11) is 0. The molecule has 1 rings (SSSR count). The molecule has 0 aromatic rings. The third kappa shape index (κ3) is 2.60. The van der Waals surface area contributed by atoms with Gasteiger partial charge in [-0.1, -0.05) is 27.7 Å². The fraction of sp³-hybridized carbons (Fsp3) is 1.00. The fourth-order valence-corrected chi connectivity index (χ4v) is 3.06. The first-order chi connectivity index (χ1) is 7.29. The molecule has 1 aliphatic carbocycles. The predicted molar refractivity (Wildman–Crippen MR) is 69.3 cm³/mol. The third-order valence-electron chi connectivity index (χ3n) is 4.85. The molecule has 1 aliphatic rings. The van der Waals surface area contributed by atoms with Crippen molar-refractivity contribution in [1.29, 1.82) is 0 Å². The fourth-order valence-electron chi connectivity index (χ4n) is 3.06. The second-order valence-electron chi connectivity index (χ2n) is 6.41. The van der Waals surface area contributed by atoms with E-state index in [1.165, 1.54) is 6.42 Å². The Morgan fingerprint density at radius 1 is 1.06 bits per heavy atom. The molecule has 1 saturated carbocycles. The summed E-state index contributed by atoms with van der Waals surface area (Å²) < 4.78 is 0. The minimum absolute atomic E-state index is 0.368. The zero-order chi connectivity index (χ0) is 12.4. The first-order valence-electron chi connectivity index (χ1n) is 6.80. The van der Waals surface area contributed by atoms with E-state index >= 15 is 0 Å². The highest BCUT2D eigenvalue weighted by Crippen LogP contribution is 2.43. The molecule has 96 valence electrons. The summed E-state index contributed by atoms with van der Waals surface area (Å²) in [6.07, 6.45) is 6.84. The Labute approximate surface area is 101 Å². The van der Waals surface area contributed by atoms with Crippen LogP contribution in [0.1, 0.15) is 72.6 Å². The van der Waals surface area contributed by atoms with Gasteiger partial charge in [0.15, 0.2) is 0 Å². The van der Waals surface area contributed by atoms with Crippen LogP contribution in [0.15, 0.2) is 0 Å². The van der Waals surface area contributed by atoms with Crippen molar-refractivity contribution in [1.82, 2.24) is 0 Å². The number of hydrogen-bond donors (Lipinski definition) is 2. The van der Waals surface area contributed by atoms with Gasteiger partial charge in [0.1, 0.15) is 0 Å². The van der Waals surface area contributed by atoms with Gasteiger partial charge in [-0.25, -0.2) is 0 Å². The van der Waals surface area contributed by atoms with Crippen LogP contribution in [0.5, 0.6) is 0 Å². The van der Waals surface area contributed by atoms with Crippen molar-refractivity contribution in [2.24, 2.45) is 11.1 Å². The Morgan fingerprint density at radius 3 is 2.12 bits per heavy atom. The van der Waals surface area contributed by atoms with Crippen LogP contribution in [-0.4, -0.2) is 16.2 Å². The van der Waals surface area contributed by atoms with E-state index in [0.717, 1.165) is 38.5 Å². The summed E-state index contributed by atoms with van der Waals surface area (Å²) in [5.41, 5.74) is 5.74. The van der Waals surface area contributed by atoms with Crippen molar-refractivity contribution in [2.75, 3.05) is 0 Å². The Hall–Kier alpha value is -0.0800. The van der Waals surface area contributed by atoms with E-state index in [9.17, 15) is 5.11 Å². The van der Waals surface area contributed by atoms with Crippen LogP contribution >= 0.6 is 0 Å². The molecule has 0 bridgehead atoms. The average Bonchev–Trinajstić information content (AvgIpc) is 2.38. The molecule has 0 aromatic heterocycles. The highest BCUT2D eigenvalue weighted by molar-refractivity contribution is 5.03. The first-order valence-corrected chi connectivity index (χ1v) is 6.80. The molecule has 16 heavy (non-hydrogen) atoms. The van der Waals surface area contributed by atoms with E-state index in [4.69, 9.17) is 5.73 Å². The van der Waals surface area contributed by atoms with Gasteiger partial charge < -0.3 is 10.8 Å². The molecule has 0 radical (unpaired) electrons. The van der Waals surface area contributed by atoms with Crippen molar-refractivity contribution in [2.45, 2.75) is 83.8 Å². The Balaban J connectivity index is 2.85. The van der Waals surface area contributed by atoms with Crippen LogP contribution < -0.4 is 5.73 Å². The van der Waals surface area contributed by atoms with E-state index in [2.05, 4.69) is 27.7 Å². The SMILES string of the molecule is CCC(N)(CC)C1(O)CCCC(C)(C)CC1. The maximum absolute atomic E-state index is 10.9. The Kier molecular flexibility index (Phi) is 4.07. The zero-order valence-corrected chi connectivity index (χ0v) is 11.5. The van der Waals surface area contributed by atoms with Crippen LogP contribution in [0.2, 0.25) is 0 Å². The Morgan fingerprint density at radius 2 is 1.62 bits per heavy atom. The van der Waals surface area contributed by atoms with Gasteiger partial charge in [-0.05, 0) is 50.4 Å². The minimum atomic E-state index is -0.649. The summed E-state index contributed by atoms with van der Waals surface area (Å²) in [5, 5.41) is 10.9. The average molecular weight is 227 g/mol. The van der Waals surface area contributed by atoms with Crippen molar-refractivity contribution in [3.8, 4) is 0 Å². The number of hydrogen-bond acceptors (Lipinski definition) is 2. The maximum atomic E-state index is 10.9. The first kappa shape index (κ1) is 14.0. The number of aliphatic hydroxyl groups is 1. The zero-order valence-electron chi connectivity index (χ0n) is 11.5. The standard InChI is InChI=1S/C14H29NO/c1-5-13(15,6-2)14(16)9-7-8-12(3,4)10-11-14/h16H,5-11,15H2,1-4H3. The van der Waals surface area contributed by atoms with E-state index < -0.39 is 11.1 Å². The van der Waals surface area contributed by atoms with Gasteiger partial charge >= 0.3 is 0 Å². The molecule has 0 saturated heterocycles. The van der Waals surface area contributed by atoms with Gasteiger partial charge in [0.05, 0.1) is 5.60 Å². The normalized spacial score (nSPS) is 31.1. The van der Waals surface area contributed by atoms with Crippen LogP contribution in [0.3, 0.4) is 0 Å². The third-order valence-corrected chi connectivity index (χ3v) is 4.85. The molecule has 0 spiro atoms. The van der Waals surface area contributed by atoms with E-state index in [-0.39, 0.29) is 0 Å². The van der Waals surface area contributed by atoms with Crippen LogP contribution in [0.4, 0.5) is 0 Å². The topological polar surface area (TPSA) is 46.2 Å². The van der Waals surface area contributed by atoms with E-state index in [1.54, 1.807) is 0 Å². The monoisotopic (exact) mass is 227 g/mol. The molecule has 1 atom stereocenters. The highest BCUT2D eigenvalue weighted by atomic mass is 16.3. The lowest BCUT2D eigenvalue weighted by Crippen LogP contribution is -2.59. The summed E-state index contributed by atoms with van der Waals surface area (Å²) in [6.45, 7) is 8.79. The molecule has 1 fully saturated rings. The van der Waals surface area contributed by atoms with Crippen LogP contribution in [0, 0.1) is 5.41 Å². The molecule has 3 N–H and O–H groups in total. The van der Waals surface area contributed by atoms with E-state index in [1.807, 2.05) is 0 Å². The molecular formula is C14H29NO. The van der Waals surface area contributed by atoms with Gasteiger partial charge in [-0.2, -0.15) is 0 Å². The van der Waals surface area contributed by atoms with Crippen LogP contribution in [0.25, 0.3) is 0 Å². The highest BCUT2D eigenvalue weighted by Gasteiger charge is 2.46. The lowest BCUT2D eigenvalue weighted by Gasteiger charge is -2.44. The molecular weight excluding hydrogens is 198 g/mol. The summed E-state index contributed by atoms with van der Waals surface area (Å²) in [5.74, 6) is 0. The second kappa shape index (κ2) is 4.66. The van der Waals surface area contributed by atoms with E-state index in [0.29, 0.717) is 5.41 Å².